The third-order valence-electron chi connectivity index (χ3n) is 5.85. The highest BCUT2D eigenvalue weighted by Crippen LogP contribution is 2.34. The van der Waals surface area contributed by atoms with Gasteiger partial charge in [0.1, 0.15) is 17.2 Å². The number of carbonyl (C=O) groups is 1. The molecule has 0 unspecified atom stereocenters. The molecule has 0 saturated heterocycles. The van der Waals surface area contributed by atoms with E-state index in [1.807, 2.05) is 6.92 Å². The monoisotopic (exact) mass is 504 g/mol. The van der Waals surface area contributed by atoms with Crippen molar-refractivity contribution in [3.8, 4) is 34.4 Å². The van der Waals surface area contributed by atoms with Crippen LogP contribution in [0.4, 0.5) is 5.69 Å². The quantitative estimate of drug-likeness (QED) is 0.354. The van der Waals surface area contributed by atoms with Crippen LogP contribution in [-0.2, 0) is 0 Å². The van der Waals surface area contributed by atoms with E-state index < -0.39 is 5.91 Å². The zero-order chi connectivity index (χ0) is 26.5. The number of methoxy groups -OCH3 is 4. The number of rotatable bonds is 9. The molecule has 1 heterocycles. The molecule has 9 heteroatoms. The molecule has 0 aliphatic heterocycles. The molecular weight excluding hydrogens is 476 g/mol. The lowest BCUT2D eigenvalue weighted by Gasteiger charge is -2.16. The number of benzene rings is 3. The molecule has 9 nitrogen and oxygen atoms in total. The summed E-state index contributed by atoms with van der Waals surface area (Å²) in [6.45, 7) is 2.42. The number of carbonyl (C=O) groups excluding carboxylic acids is 1. The highest BCUT2D eigenvalue weighted by atomic mass is 16.5. The molecule has 0 atom stereocenters. The highest BCUT2D eigenvalue weighted by Gasteiger charge is 2.20. The van der Waals surface area contributed by atoms with Crippen LogP contribution in [0.3, 0.4) is 0 Å². The third-order valence-corrected chi connectivity index (χ3v) is 5.85. The third kappa shape index (κ3) is 5.02. The van der Waals surface area contributed by atoms with E-state index in [1.165, 1.54) is 32.1 Å². The van der Waals surface area contributed by atoms with Crippen molar-refractivity contribution in [2.75, 3.05) is 40.4 Å². The average Bonchev–Trinajstić information content (AvgIpc) is 2.93. The highest BCUT2D eigenvalue weighted by molar-refractivity contribution is 6.13. The van der Waals surface area contributed by atoms with Gasteiger partial charge >= 0.3 is 0 Å². The van der Waals surface area contributed by atoms with Crippen LogP contribution in [0.2, 0.25) is 0 Å². The number of aromatic nitrogens is 1. The van der Waals surface area contributed by atoms with E-state index in [-0.39, 0.29) is 11.1 Å². The summed E-state index contributed by atoms with van der Waals surface area (Å²) in [6.07, 6.45) is 1.51. The van der Waals surface area contributed by atoms with Gasteiger partial charge < -0.3 is 29.0 Å². The van der Waals surface area contributed by atoms with Crippen molar-refractivity contribution in [3.05, 3.63) is 76.7 Å². The maximum Gasteiger partial charge on any atom is 0.263 e. The smallest absolute Gasteiger partial charge is 0.263 e. The second-order valence-corrected chi connectivity index (χ2v) is 7.92. The molecule has 4 rings (SSSR count). The van der Waals surface area contributed by atoms with Crippen molar-refractivity contribution in [2.45, 2.75) is 6.92 Å². The molecule has 0 saturated carbocycles. The summed E-state index contributed by atoms with van der Waals surface area (Å²) in [6, 6.07) is 15.3. The molecular formula is C28H28N2O7. The number of fused-ring (bicyclic) bond motifs is 1. The predicted molar refractivity (Wildman–Crippen MR) is 141 cm³/mol. The molecule has 0 aliphatic rings. The van der Waals surface area contributed by atoms with Crippen LogP contribution in [-0.4, -0.2) is 45.5 Å². The number of amides is 1. The lowest BCUT2D eigenvalue weighted by atomic mass is 10.0. The van der Waals surface area contributed by atoms with E-state index in [9.17, 15) is 9.59 Å². The van der Waals surface area contributed by atoms with Crippen molar-refractivity contribution in [1.29, 1.82) is 0 Å². The minimum atomic E-state index is -0.444. The van der Waals surface area contributed by atoms with Gasteiger partial charge in [-0.25, -0.2) is 0 Å². The zero-order valence-corrected chi connectivity index (χ0v) is 21.3. The van der Waals surface area contributed by atoms with Crippen LogP contribution in [0.25, 0.3) is 16.5 Å². The van der Waals surface area contributed by atoms with Crippen LogP contribution in [0.1, 0.15) is 17.3 Å². The summed E-state index contributed by atoms with van der Waals surface area (Å²) < 4.78 is 28.5. The van der Waals surface area contributed by atoms with Crippen LogP contribution in [0.5, 0.6) is 28.7 Å². The number of pyridine rings is 1. The molecule has 1 aromatic heterocycles. The Morgan fingerprint density at radius 1 is 0.784 bits per heavy atom. The Balaban J connectivity index is 1.90. The molecule has 0 radical (unpaired) electrons. The lowest BCUT2D eigenvalue weighted by Crippen LogP contribution is -2.23. The van der Waals surface area contributed by atoms with Gasteiger partial charge in [0.25, 0.3) is 11.5 Å². The van der Waals surface area contributed by atoms with Crippen molar-refractivity contribution in [1.82, 2.24) is 4.57 Å². The van der Waals surface area contributed by atoms with E-state index in [1.54, 1.807) is 61.7 Å². The van der Waals surface area contributed by atoms with E-state index in [4.69, 9.17) is 23.7 Å². The van der Waals surface area contributed by atoms with Gasteiger partial charge in [-0.3, -0.25) is 14.2 Å². The Hall–Kier alpha value is -4.66. The summed E-state index contributed by atoms with van der Waals surface area (Å²) in [5.41, 5.74) is 0.947. The molecule has 1 N–H and O–H groups in total. The number of hydrogen-bond acceptors (Lipinski definition) is 7. The lowest BCUT2D eigenvalue weighted by molar-refractivity contribution is 0.102. The first-order valence-electron chi connectivity index (χ1n) is 11.5. The van der Waals surface area contributed by atoms with Gasteiger partial charge in [-0.15, -0.1) is 0 Å². The molecule has 0 fully saturated rings. The summed E-state index contributed by atoms with van der Waals surface area (Å²) in [4.78, 5) is 27.2. The van der Waals surface area contributed by atoms with Crippen molar-refractivity contribution < 1.29 is 28.5 Å². The Morgan fingerprint density at radius 2 is 1.41 bits per heavy atom. The van der Waals surface area contributed by atoms with Gasteiger partial charge in [-0.2, -0.15) is 0 Å². The van der Waals surface area contributed by atoms with Crippen LogP contribution in [0, 0.1) is 0 Å². The Bertz CT molecular complexity index is 1490. The fraction of sp³-hybridized carbons (Fsp3) is 0.214. The van der Waals surface area contributed by atoms with Crippen molar-refractivity contribution in [2.24, 2.45) is 0 Å². The molecule has 0 aliphatic carbocycles. The molecule has 1 amide bonds. The Kier molecular flexibility index (Phi) is 7.52. The maximum atomic E-state index is 13.6. The number of nitrogens with one attached hydrogen (secondary N) is 1. The van der Waals surface area contributed by atoms with E-state index in [2.05, 4.69) is 5.32 Å². The number of nitrogens with zero attached hydrogens (tertiary/aromatic N) is 1. The van der Waals surface area contributed by atoms with Gasteiger partial charge in [0, 0.05) is 23.3 Å². The largest absolute Gasteiger partial charge is 0.497 e. The first-order valence-corrected chi connectivity index (χ1v) is 11.5. The van der Waals surface area contributed by atoms with Crippen molar-refractivity contribution >= 4 is 22.4 Å². The minimum absolute atomic E-state index is 0.252. The standard InChI is InChI=1S/C28H28N2O7/c1-6-37-18-9-7-17(8-10-18)30-16-22(20-14-25(35-4)26(36-5)15-21(20)28(30)32)27(31)29-23-12-11-19(33-2)13-24(23)34-3/h7-16H,6H2,1-5H3,(H,29,31). The molecule has 192 valence electrons. The molecule has 0 spiro atoms. The van der Waals surface area contributed by atoms with Crippen LogP contribution >= 0.6 is 0 Å². The summed E-state index contributed by atoms with van der Waals surface area (Å²) in [5, 5.41) is 3.59. The first kappa shape index (κ1) is 25.4. The zero-order valence-electron chi connectivity index (χ0n) is 21.3. The minimum Gasteiger partial charge on any atom is -0.497 e. The first-order chi connectivity index (χ1) is 17.9. The number of hydrogen-bond donors (Lipinski definition) is 1. The summed E-state index contributed by atoms with van der Waals surface area (Å²) >= 11 is 0. The molecule has 4 aromatic rings. The fourth-order valence-corrected chi connectivity index (χ4v) is 4.00. The summed E-state index contributed by atoms with van der Waals surface area (Å²) in [5.74, 6) is 2.01. The van der Waals surface area contributed by atoms with E-state index >= 15 is 0 Å². The SMILES string of the molecule is CCOc1ccc(-n2cc(C(=O)Nc3ccc(OC)cc3OC)c3cc(OC)c(OC)cc3c2=O)cc1. The second-order valence-electron chi connectivity index (χ2n) is 7.92. The maximum absolute atomic E-state index is 13.6. The van der Waals surface area contributed by atoms with Gasteiger partial charge in [-0.1, -0.05) is 0 Å². The number of ether oxygens (including phenoxy) is 5. The average molecular weight is 505 g/mol. The van der Waals surface area contributed by atoms with Gasteiger partial charge in [-0.05, 0) is 55.5 Å². The van der Waals surface area contributed by atoms with Crippen LogP contribution in [0.15, 0.2) is 65.6 Å². The Morgan fingerprint density at radius 3 is 2.00 bits per heavy atom. The van der Waals surface area contributed by atoms with E-state index in [0.717, 1.165) is 0 Å². The topological polar surface area (TPSA) is 97.2 Å². The molecule has 3 aromatic carbocycles. The number of anilines is 1. The van der Waals surface area contributed by atoms with Gasteiger partial charge in [0.15, 0.2) is 11.5 Å². The van der Waals surface area contributed by atoms with E-state index in [0.29, 0.717) is 57.5 Å². The van der Waals surface area contributed by atoms with Gasteiger partial charge in [0.2, 0.25) is 0 Å². The van der Waals surface area contributed by atoms with Crippen LogP contribution < -0.4 is 34.6 Å². The van der Waals surface area contributed by atoms with Crippen molar-refractivity contribution in [3.63, 3.8) is 0 Å². The molecule has 0 bridgehead atoms. The summed E-state index contributed by atoms with van der Waals surface area (Å²) in [7, 11) is 6.03. The second kappa shape index (κ2) is 10.9. The van der Waals surface area contributed by atoms with Gasteiger partial charge in [0.05, 0.1) is 51.7 Å². The fourth-order valence-electron chi connectivity index (χ4n) is 4.00. The molecule has 37 heavy (non-hydrogen) atoms. The Labute approximate surface area is 214 Å². The normalized spacial score (nSPS) is 10.6. The predicted octanol–water partition coefficient (Wildman–Crippen LogP) is 4.68.